The third-order valence-electron chi connectivity index (χ3n) is 6.92. The molecular formula is C25H35ClN6O. The Kier molecular flexibility index (Phi) is 7.71. The van der Waals surface area contributed by atoms with Crippen LogP contribution in [-0.2, 0) is 17.8 Å². The highest BCUT2D eigenvalue weighted by atomic mass is 35.5. The second-order valence-corrected chi connectivity index (χ2v) is 9.57. The van der Waals surface area contributed by atoms with Crippen LogP contribution in [-0.4, -0.2) is 47.5 Å². The number of rotatable bonds is 9. The summed E-state index contributed by atoms with van der Waals surface area (Å²) in [4.78, 5) is 23.7. The first-order valence-corrected chi connectivity index (χ1v) is 12.1. The molecule has 33 heavy (non-hydrogen) atoms. The number of carbonyl (C=O) groups is 1. The fraction of sp³-hybridized carbons (Fsp3) is 0.560. The molecule has 178 valence electrons. The Morgan fingerprint density at radius 3 is 2.76 bits per heavy atom. The van der Waals surface area contributed by atoms with Gasteiger partial charge in [-0.1, -0.05) is 12.5 Å². The van der Waals surface area contributed by atoms with Crippen LogP contribution in [0.3, 0.4) is 0 Å². The van der Waals surface area contributed by atoms with E-state index in [2.05, 4.69) is 51.1 Å². The van der Waals surface area contributed by atoms with E-state index in [1.54, 1.807) is 0 Å². The summed E-state index contributed by atoms with van der Waals surface area (Å²) in [6.07, 6.45) is 9.64. The molecule has 1 aromatic carbocycles. The van der Waals surface area contributed by atoms with Gasteiger partial charge in [0, 0.05) is 49.5 Å². The number of anilines is 3. The van der Waals surface area contributed by atoms with Crippen molar-refractivity contribution in [1.29, 1.82) is 0 Å². The predicted octanol–water partition coefficient (Wildman–Crippen LogP) is 4.23. The molecule has 1 aromatic heterocycles. The molecule has 2 fully saturated rings. The van der Waals surface area contributed by atoms with Crippen molar-refractivity contribution >= 4 is 35.8 Å². The van der Waals surface area contributed by atoms with E-state index in [1.807, 2.05) is 6.20 Å². The molecule has 0 spiro atoms. The molecule has 0 unspecified atom stereocenters. The third-order valence-corrected chi connectivity index (χ3v) is 6.92. The van der Waals surface area contributed by atoms with Crippen molar-refractivity contribution in [2.24, 2.45) is 5.92 Å². The van der Waals surface area contributed by atoms with E-state index in [1.165, 1.54) is 36.0 Å². The summed E-state index contributed by atoms with van der Waals surface area (Å²) < 4.78 is 0. The molecule has 3 N–H and O–H groups in total. The zero-order valence-electron chi connectivity index (χ0n) is 19.4. The number of hydrogen-bond donors (Lipinski definition) is 3. The molecule has 0 bridgehead atoms. The Hall–Kier alpha value is -2.38. The molecular weight excluding hydrogens is 436 g/mol. The van der Waals surface area contributed by atoms with Gasteiger partial charge in [0.2, 0.25) is 11.9 Å². The Labute approximate surface area is 202 Å². The van der Waals surface area contributed by atoms with Gasteiger partial charge in [-0.15, -0.1) is 12.4 Å². The van der Waals surface area contributed by atoms with Crippen molar-refractivity contribution in [3.05, 3.63) is 41.1 Å². The number of carbonyl (C=O) groups excluding carboxylic acids is 1. The van der Waals surface area contributed by atoms with Crippen LogP contribution >= 0.6 is 12.4 Å². The van der Waals surface area contributed by atoms with Gasteiger partial charge in [-0.2, -0.15) is 4.98 Å². The third kappa shape index (κ3) is 5.95. The van der Waals surface area contributed by atoms with Gasteiger partial charge in [0.25, 0.3) is 0 Å². The van der Waals surface area contributed by atoms with E-state index in [0.29, 0.717) is 18.4 Å². The molecule has 5 rings (SSSR count). The Morgan fingerprint density at radius 1 is 1.15 bits per heavy atom. The summed E-state index contributed by atoms with van der Waals surface area (Å²) >= 11 is 0. The number of fused-ring (bicyclic) bond motifs is 1. The fourth-order valence-corrected chi connectivity index (χ4v) is 4.51. The smallest absolute Gasteiger partial charge is 0.229 e. The quantitative estimate of drug-likeness (QED) is 0.476. The van der Waals surface area contributed by atoms with Crippen molar-refractivity contribution in [2.75, 3.05) is 37.3 Å². The molecule has 2 saturated carbocycles. The van der Waals surface area contributed by atoms with Gasteiger partial charge in [0.15, 0.2) is 0 Å². The minimum Gasteiger partial charge on any atom is -0.370 e. The number of likely N-dealkylation sites (N-methyl/N-ethyl adjacent to an activating group) is 1. The van der Waals surface area contributed by atoms with Crippen molar-refractivity contribution in [2.45, 2.75) is 57.4 Å². The first kappa shape index (κ1) is 23.8. The molecule has 0 radical (unpaired) electrons. The molecule has 2 aliphatic carbocycles. The lowest BCUT2D eigenvalue weighted by atomic mass is 9.85. The van der Waals surface area contributed by atoms with E-state index in [-0.39, 0.29) is 24.2 Å². The molecule has 0 saturated heterocycles. The Morgan fingerprint density at radius 2 is 2.00 bits per heavy atom. The maximum Gasteiger partial charge on any atom is 0.229 e. The lowest BCUT2D eigenvalue weighted by molar-refractivity contribution is -0.127. The molecule has 2 heterocycles. The number of amides is 1. The van der Waals surface area contributed by atoms with Crippen LogP contribution in [0, 0.1) is 5.92 Å². The van der Waals surface area contributed by atoms with Crippen LogP contribution in [0.1, 0.15) is 61.1 Å². The normalized spacial score (nSPS) is 18.0. The van der Waals surface area contributed by atoms with Gasteiger partial charge in [0.05, 0.1) is 0 Å². The first-order valence-electron chi connectivity index (χ1n) is 12.1. The Balaban J connectivity index is 0.00000259. The molecule has 7 nitrogen and oxygen atoms in total. The van der Waals surface area contributed by atoms with E-state index < -0.39 is 0 Å². The molecule has 2 aromatic rings. The standard InChI is InChI=1S/C25H34N6O.ClH/c1-31-13-10-19-14-21(9-8-20(19)16-31)29-25-28-15-22(17-6-7-17)23(30-25)26-11-3-12-27-24(32)18-4-2-5-18;/h8-9,14-15,17-18H,2-7,10-13,16H2,1H3,(H,27,32)(H2,26,28,29,30);1H. The number of nitrogens with one attached hydrogen (secondary N) is 3. The highest BCUT2D eigenvalue weighted by Gasteiger charge is 2.28. The van der Waals surface area contributed by atoms with Crippen LogP contribution in [0.2, 0.25) is 0 Å². The number of benzene rings is 1. The van der Waals surface area contributed by atoms with E-state index in [0.717, 1.165) is 56.8 Å². The largest absolute Gasteiger partial charge is 0.370 e. The van der Waals surface area contributed by atoms with Gasteiger partial charge in [-0.25, -0.2) is 4.98 Å². The van der Waals surface area contributed by atoms with Gasteiger partial charge in [0.1, 0.15) is 5.82 Å². The van der Waals surface area contributed by atoms with E-state index >= 15 is 0 Å². The maximum absolute atomic E-state index is 12.0. The second-order valence-electron chi connectivity index (χ2n) is 9.57. The highest BCUT2D eigenvalue weighted by molar-refractivity contribution is 5.85. The summed E-state index contributed by atoms with van der Waals surface area (Å²) in [5.74, 6) is 2.60. The summed E-state index contributed by atoms with van der Waals surface area (Å²) in [6, 6.07) is 6.56. The predicted molar refractivity (Wildman–Crippen MR) is 134 cm³/mol. The molecule has 0 atom stereocenters. The fourth-order valence-electron chi connectivity index (χ4n) is 4.51. The van der Waals surface area contributed by atoms with Crippen molar-refractivity contribution in [3.8, 4) is 0 Å². The minimum atomic E-state index is 0. The summed E-state index contributed by atoms with van der Waals surface area (Å²) in [5, 5.41) is 9.96. The van der Waals surface area contributed by atoms with Gasteiger partial charge >= 0.3 is 0 Å². The zero-order chi connectivity index (χ0) is 21.9. The maximum atomic E-state index is 12.0. The first-order chi connectivity index (χ1) is 15.7. The topological polar surface area (TPSA) is 82.2 Å². The average molecular weight is 471 g/mol. The zero-order valence-corrected chi connectivity index (χ0v) is 20.2. The van der Waals surface area contributed by atoms with Gasteiger partial charge in [-0.3, -0.25) is 4.79 Å². The van der Waals surface area contributed by atoms with Crippen LogP contribution in [0.25, 0.3) is 0 Å². The number of nitrogens with zero attached hydrogens (tertiary/aromatic N) is 3. The van der Waals surface area contributed by atoms with E-state index in [4.69, 9.17) is 4.98 Å². The monoisotopic (exact) mass is 470 g/mol. The molecule has 8 heteroatoms. The molecule has 1 aliphatic heterocycles. The van der Waals surface area contributed by atoms with E-state index in [9.17, 15) is 4.79 Å². The van der Waals surface area contributed by atoms with Crippen LogP contribution < -0.4 is 16.0 Å². The SMILES string of the molecule is CN1CCc2cc(Nc3ncc(C4CC4)c(NCCCNC(=O)C4CCC4)n3)ccc2C1.Cl. The second kappa shape index (κ2) is 10.7. The number of halogens is 1. The highest BCUT2D eigenvalue weighted by Crippen LogP contribution is 2.42. The Bertz CT molecular complexity index is 975. The lowest BCUT2D eigenvalue weighted by Gasteiger charge is -2.25. The van der Waals surface area contributed by atoms with Gasteiger partial charge in [-0.05, 0) is 74.8 Å². The number of aromatic nitrogens is 2. The van der Waals surface area contributed by atoms with Gasteiger partial charge < -0.3 is 20.9 Å². The minimum absolute atomic E-state index is 0. The average Bonchev–Trinajstić information content (AvgIpc) is 3.58. The lowest BCUT2D eigenvalue weighted by Crippen LogP contribution is -2.35. The number of hydrogen-bond acceptors (Lipinski definition) is 6. The molecule has 3 aliphatic rings. The molecule has 1 amide bonds. The van der Waals surface area contributed by atoms with Crippen molar-refractivity contribution < 1.29 is 4.79 Å². The van der Waals surface area contributed by atoms with Crippen LogP contribution in [0.15, 0.2) is 24.4 Å². The summed E-state index contributed by atoms with van der Waals surface area (Å²) in [6.45, 7) is 3.60. The van der Waals surface area contributed by atoms with Crippen LogP contribution in [0.4, 0.5) is 17.5 Å². The summed E-state index contributed by atoms with van der Waals surface area (Å²) in [5.41, 5.74) is 5.06. The summed E-state index contributed by atoms with van der Waals surface area (Å²) in [7, 11) is 2.17. The van der Waals surface area contributed by atoms with Crippen LogP contribution in [0.5, 0.6) is 0 Å². The van der Waals surface area contributed by atoms with Crippen molar-refractivity contribution in [3.63, 3.8) is 0 Å². The van der Waals surface area contributed by atoms with Crippen molar-refractivity contribution in [1.82, 2.24) is 20.2 Å².